The van der Waals surface area contributed by atoms with Crippen molar-refractivity contribution in [2.75, 3.05) is 7.11 Å². The first-order valence-corrected chi connectivity index (χ1v) is 3.85. The Labute approximate surface area is 72.2 Å². The van der Waals surface area contributed by atoms with Gasteiger partial charge < -0.3 is 4.74 Å². The van der Waals surface area contributed by atoms with Gasteiger partial charge in [0.2, 0.25) is 0 Å². The molecule has 0 spiro atoms. The zero-order valence-corrected chi connectivity index (χ0v) is 7.12. The van der Waals surface area contributed by atoms with E-state index in [1.807, 2.05) is 6.08 Å². The van der Waals surface area contributed by atoms with Crippen molar-refractivity contribution in [3.63, 3.8) is 0 Å². The quantitative estimate of drug-likeness (QED) is 0.593. The summed E-state index contributed by atoms with van der Waals surface area (Å²) in [5.74, 6) is 0.0416. The first kappa shape index (κ1) is 8.94. The van der Waals surface area contributed by atoms with Gasteiger partial charge in [-0.3, -0.25) is 4.79 Å². The van der Waals surface area contributed by atoms with E-state index in [-0.39, 0.29) is 5.78 Å². The zero-order chi connectivity index (χ0) is 8.97. The summed E-state index contributed by atoms with van der Waals surface area (Å²) in [6.07, 6.45) is 7.33. The van der Waals surface area contributed by atoms with Gasteiger partial charge in [-0.25, -0.2) is 0 Å². The van der Waals surface area contributed by atoms with Gasteiger partial charge in [0.05, 0.1) is 0 Å². The molecule has 0 saturated heterocycles. The summed E-state index contributed by atoms with van der Waals surface area (Å²) in [6.45, 7) is 3.58. The van der Waals surface area contributed by atoms with E-state index in [9.17, 15) is 4.79 Å². The number of carbonyl (C=O) groups is 1. The highest BCUT2D eigenvalue weighted by atomic mass is 16.5. The number of hydrogen-bond donors (Lipinski definition) is 0. The SMILES string of the molecule is C=CCC1=CC=CC(OC)C1=O. The Morgan fingerprint density at radius 2 is 2.50 bits per heavy atom. The van der Waals surface area contributed by atoms with Crippen LogP contribution in [0.25, 0.3) is 0 Å². The molecule has 1 aliphatic rings. The van der Waals surface area contributed by atoms with Gasteiger partial charge in [-0.15, -0.1) is 6.58 Å². The van der Waals surface area contributed by atoms with Crippen molar-refractivity contribution < 1.29 is 9.53 Å². The van der Waals surface area contributed by atoms with Gasteiger partial charge in [0.25, 0.3) is 0 Å². The number of Topliss-reactive ketones (excluding diaryl/α,β-unsaturated/α-hetero) is 1. The first-order chi connectivity index (χ1) is 5.79. The van der Waals surface area contributed by atoms with E-state index in [0.29, 0.717) is 6.42 Å². The van der Waals surface area contributed by atoms with Gasteiger partial charge in [0.1, 0.15) is 6.10 Å². The topological polar surface area (TPSA) is 26.3 Å². The Hall–Kier alpha value is -1.15. The summed E-state index contributed by atoms with van der Waals surface area (Å²) in [6, 6.07) is 0. The summed E-state index contributed by atoms with van der Waals surface area (Å²) in [5.41, 5.74) is 0.763. The third-order valence-corrected chi connectivity index (χ3v) is 1.78. The van der Waals surface area contributed by atoms with E-state index in [4.69, 9.17) is 4.74 Å². The van der Waals surface area contributed by atoms with E-state index < -0.39 is 6.10 Å². The molecule has 0 fully saturated rings. The van der Waals surface area contributed by atoms with Gasteiger partial charge >= 0.3 is 0 Å². The van der Waals surface area contributed by atoms with E-state index in [0.717, 1.165) is 5.57 Å². The lowest BCUT2D eigenvalue weighted by Gasteiger charge is -2.14. The normalized spacial score (nSPS) is 22.2. The highest BCUT2D eigenvalue weighted by Gasteiger charge is 2.19. The Kier molecular flexibility index (Phi) is 3.00. The van der Waals surface area contributed by atoms with Crippen molar-refractivity contribution in [3.05, 3.63) is 36.5 Å². The average Bonchev–Trinajstić information content (AvgIpc) is 2.09. The second kappa shape index (κ2) is 4.02. The van der Waals surface area contributed by atoms with Crippen molar-refractivity contribution in [1.29, 1.82) is 0 Å². The smallest absolute Gasteiger partial charge is 0.191 e. The van der Waals surface area contributed by atoms with Crippen LogP contribution in [-0.2, 0) is 9.53 Å². The molecule has 1 aliphatic carbocycles. The van der Waals surface area contributed by atoms with Crippen molar-refractivity contribution in [3.8, 4) is 0 Å². The third-order valence-electron chi connectivity index (χ3n) is 1.78. The number of carbonyl (C=O) groups excluding carboxylic acids is 1. The Morgan fingerprint density at radius 3 is 3.08 bits per heavy atom. The summed E-state index contributed by atoms with van der Waals surface area (Å²) in [5, 5.41) is 0. The number of hydrogen-bond acceptors (Lipinski definition) is 2. The van der Waals surface area contributed by atoms with Gasteiger partial charge in [-0.1, -0.05) is 18.2 Å². The van der Waals surface area contributed by atoms with Crippen molar-refractivity contribution >= 4 is 5.78 Å². The van der Waals surface area contributed by atoms with Crippen LogP contribution in [0.15, 0.2) is 36.5 Å². The number of allylic oxidation sites excluding steroid dienone is 3. The molecule has 0 radical (unpaired) electrons. The lowest BCUT2D eigenvalue weighted by atomic mass is 9.98. The Bertz CT molecular complexity index is 249. The van der Waals surface area contributed by atoms with Crippen LogP contribution in [0.3, 0.4) is 0 Å². The van der Waals surface area contributed by atoms with Gasteiger partial charge in [-0.05, 0) is 12.5 Å². The van der Waals surface area contributed by atoms with Crippen LogP contribution in [0.4, 0.5) is 0 Å². The minimum Gasteiger partial charge on any atom is -0.369 e. The third kappa shape index (κ3) is 1.71. The summed E-state index contributed by atoms with van der Waals surface area (Å²) >= 11 is 0. The lowest BCUT2D eigenvalue weighted by molar-refractivity contribution is -0.122. The van der Waals surface area contributed by atoms with Gasteiger partial charge in [0, 0.05) is 12.7 Å². The molecular weight excluding hydrogens is 152 g/mol. The fraction of sp³-hybridized carbons (Fsp3) is 0.300. The molecule has 0 heterocycles. The molecule has 2 nitrogen and oxygen atoms in total. The summed E-state index contributed by atoms with van der Waals surface area (Å²) in [4.78, 5) is 11.5. The molecule has 1 atom stereocenters. The minimum atomic E-state index is -0.398. The molecule has 0 aromatic heterocycles. The van der Waals surface area contributed by atoms with Crippen molar-refractivity contribution in [2.45, 2.75) is 12.5 Å². The molecule has 1 rings (SSSR count). The minimum absolute atomic E-state index is 0.0416. The van der Waals surface area contributed by atoms with E-state index in [1.54, 1.807) is 18.2 Å². The largest absolute Gasteiger partial charge is 0.369 e. The van der Waals surface area contributed by atoms with Crippen LogP contribution in [0.2, 0.25) is 0 Å². The highest BCUT2D eigenvalue weighted by Crippen LogP contribution is 2.14. The zero-order valence-electron chi connectivity index (χ0n) is 7.12. The average molecular weight is 164 g/mol. The number of rotatable bonds is 3. The highest BCUT2D eigenvalue weighted by molar-refractivity contribution is 6.01. The second-order valence-electron chi connectivity index (χ2n) is 2.59. The van der Waals surface area contributed by atoms with Crippen LogP contribution in [-0.4, -0.2) is 19.0 Å². The molecule has 12 heavy (non-hydrogen) atoms. The molecule has 0 N–H and O–H groups in total. The number of ether oxygens (including phenoxy) is 1. The van der Waals surface area contributed by atoms with Crippen molar-refractivity contribution in [1.82, 2.24) is 0 Å². The van der Waals surface area contributed by atoms with Crippen LogP contribution < -0.4 is 0 Å². The fourth-order valence-corrected chi connectivity index (χ4v) is 1.13. The lowest BCUT2D eigenvalue weighted by Crippen LogP contribution is -2.24. The van der Waals surface area contributed by atoms with Crippen molar-refractivity contribution in [2.24, 2.45) is 0 Å². The molecule has 64 valence electrons. The molecule has 2 heteroatoms. The van der Waals surface area contributed by atoms with E-state index >= 15 is 0 Å². The molecule has 0 saturated carbocycles. The molecule has 0 bridgehead atoms. The molecule has 0 aliphatic heterocycles. The molecule has 0 aromatic carbocycles. The molecule has 1 unspecified atom stereocenters. The van der Waals surface area contributed by atoms with Crippen LogP contribution in [0.5, 0.6) is 0 Å². The van der Waals surface area contributed by atoms with Crippen LogP contribution >= 0.6 is 0 Å². The monoisotopic (exact) mass is 164 g/mol. The summed E-state index contributed by atoms with van der Waals surface area (Å²) in [7, 11) is 1.53. The fourth-order valence-electron chi connectivity index (χ4n) is 1.13. The van der Waals surface area contributed by atoms with Gasteiger partial charge in [-0.2, -0.15) is 0 Å². The maximum absolute atomic E-state index is 11.5. The van der Waals surface area contributed by atoms with Crippen LogP contribution in [0, 0.1) is 0 Å². The first-order valence-electron chi connectivity index (χ1n) is 3.85. The van der Waals surface area contributed by atoms with Gasteiger partial charge in [0.15, 0.2) is 5.78 Å². The number of methoxy groups -OCH3 is 1. The maximum atomic E-state index is 11.5. The summed E-state index contributed by atoms with van der Waals surface area (Å²) < 4.78 is 4.97. The predicted molar refractivity (Wildman–Crippen MR) is 47.8 cm³/mol. The van der Waals surface area contributed by atoms with Crippen LogP contribution in [0.1, 0.15) is 6.42 Å². The molecule has 0 amide bonds. The standard InChI is InChI=1S/C10H12O2/c1-3-5-8-6-4-7-9(12-2)10(8)11/h3-4,6-7,9H,1,5H2,2H3. The second-order valence-corrected chi connectivity index (χ2v) is 2.59. The Balaban J connectivity index is 2.75. The van der Waals surface area contributed by atoms with E-state index in [2.05, 4.69) is 6.58 Å². The number of ketones is 1. The molecule has 0 aromatic rings. The molecular formula is C10H12O2. The maximum Gasteiger partial charge on any atom is 0.191 e. The predicted octanol–water partition coefficient (Wildman–Crippen LogP) is 1.64. The Morgan fingerprint density at radius 1 is 1.75 bits per heavy atom. The van der Waals surface area contributed by atoms with E-state index in [1.165, 1.54) is 7.11 Å².